The third-order valence-electron chi connectivity index (χ3n) is 5.41. The summed E-state index contributed by atoms with van der Waals surface area (Å²) in [4.78, 5) is 17.2. The minimum Gasteiger partial charge on any atom is -0.493 e. The van der Waals surface area contributed by atoms with Gasteiger partial charge in [0.15, 0.2) is 11.5 Å². The monoisotopic (exact) mass is 394 g/mol. The second-order valence-corrected chi connectivity index (χ2v) is 7.52. The lowest BCUT2D eigenvalue weighted by atomic mass is 9.82. The Balaban J connectivity index is 1.48. The topological polar surface area (TPSA) is 90.9 Å². The van der Waals surface area contributed by atoms with E-state index in [9.17, 15) is 4.79 Å². The summed E-state index contributed by atoms with van der Waals surface area (Å²) in [6.45, 7) is 0.288. The molecule has 4 rings (SSSR count). The Kier molecular flexibility index (Phi) is 5.40. The number of methoxy groups -OCH3 is 1. The Morgan fingerprint density at radius 1 is 1.21 bits per heavy atom. The summed E-state index contributed by atoms with van der Waals surface area (Å²) in [5.41, 5.74) is 7.84. The van der Waals surface area contributed by atoms with Crippen molar-refractivity contribution >= 4 is 17.2 Å². The molecule has 0 saturated heterocycles. The molecule has 1 fully saturated rings. The molecular formula is C22H26N4O3. The first-order valence-electron chi connectivity index (χ1n) is 9.91. The summed E-state index contributed by atoms with van der Waals surface area (Å²) in [5.74, 6) is 0.984. The van der Waals surface area contributed by atoms with Gasteiger partial charge >= 0.3 is 0 Å². The normalized spacial score (nSPS) is 15.8. The number of hydrogen-bond acceptors (Lipinski definition) is 5. The zero-order valence-corrected chi connectivity index (χ0v) is 16.6. The van der Waals surface area contributed by atoms with E-state index in [0.29, 0.717) is 30.0 Å². The van der Waals surface area contributed by atoms with Crippen LogP contribution in [0.2, 0.25) is 0 Å². The van der Waals surface area contributed by atoms with Crippen molar-refractivity contribution in [2.75, 3.05) is 12.4 Å². The third kappa shape index (κ3) is 4.19. The Labute approximate surface area is 169 Å². The zero-order chi connectivity index (χ0) is 20.3. The van der Waals surface area contributed by atoms with Gasteiger partial charge in [0.05, 0.1) is 18.3 Å². The first-order chi connectivity index (χ1) is 14.1. The molecule has 152 valence electrons. The summed E-state index contributed by atoms with van der Waals surface area (Å²) >= 11 is 0. The minimum atomic E-state index is -0.796. The number of fused-ring (bicyclic) bond motifs is 1. The van der Waals surface area contributed by atoms with Crippen molar-refractivity contribution in [3.05, 3.63) is 54.5 Å². The van der Waals surface area contributed by atoms with Crippen LogP contribution < -0.4 is 20.5 Å². The van der Waals surface area contributed by atoms with Crippen molar-refractivity contribution in [2.45, 2.75) is 44.2 Å². The highest BCUT2D eigenvalue weighted by Crippen LogP contribution is 2.32. The van der Waals surface area contributed by atoms with Crippen LogP contribution in [0.15, 0.2) is 48.8 Å². The average Bonchev–Trinajstić information content (AvgIpc) is 3.16. The first-order valence-corrected chi connectivity index (χ1v) is 9.91. The summed E-state index contributed by atoms with van der Waals surface area (Å²) < 4.78 is 13.3. The number of nitrogens with two attached hydrogens (primary N) is 1. The quantitative estimate of drug-likeness (QED) is 0.667. The van der Waals surface area contributed by atoms with Gasteiger partial charge in [-0.25, -0.2) is 4.98 Å². The van der Waals surface area contributed by atoms with Crippen LogP contribution in [0.4, 0.5) is 5.69 Å². The van der Waals surface area contributed by atoms with Crippen LogP contribution in [0.5, 0.6) is 11.5 Å². The SMILES string of the molecule is COc1ccc(NC(=O)C2(N)CCCCC2)cc1OCc1cn2ccccc2n1. The second kappa shape index (κ2) is 8.13. The lowest BCUT2D eigenvalue weighted by molar-refractivity contribution is -0.122. The first kappa shape index (κ1) is 19.3. The number of hydrogen-bond donors (Lipinski definition) is 2. The lowest BCUT2D eigenvalue weighted by Crippen LogP contribution is -2.52. The Bertz CT molecular complexity index is 975. The summed E-state index contributed by atoms with van der Waals surface area (Å²) in [5, 5.41) is 2.94. The molecule has 1 aliphatic rings. The van der Waals surface area contributed by atoms with E-state index in [1.807, 2.05) is 35.0 Å². The molecule has 3 aromatic rings. The van der Waals surface area contributed by atoms with E-state index in [1.165, 1.54) is 0 Å². The van der Waals surface area contributed by atoms with Gasteiger partial charge in [0, 0.05) is 24.1 Å². The van der Waals surface area contributed by atoms with E-state index in [4.69, 9.17) is 15.2 Å². The largest absolute Gasteiger partial charge is 0.493 e. The average molecular weight is 394 g/mol. The van der Waals surface area contributed by atoms with Crippen molar-refractivity contribution in [1.29, 1.82) is 0 Å². The van der Waals surface area contributed by atoms with E-state index in [2.05, 4.69) is 10.3 Å². The molecule has 2 aromatic heterocycles. The van der Waals surface area contributed by atoms with Crippen LogP contribution >= 0.6 is 0 Å². The van der Waals surface area contributed by atoms with E-state index in [-0.39, 0.29) is 12.5 Å². The zero-order valence-electron chi connectivity index (χ0n) is 16.6. The predicted molar refractivity (Wildman–Crippen MR) is 111 cm³/mol. The lowest BCUT2D eigenvalue weighted by Gasteiger charge is -2.31. The Morgan fingerprint density at radius 3 is 2.79 bits per heavy atom. The van der Waals surface area contributed by atoms with Crippen LogP contribution in [0.1, 0.15) is 37.8 Å². The number of benzene rings is 1. The van der Waals surface area contributed by atoms with Crippen molar-refractivity contribution in [3.63, 3.8) is 0 Å². The van der Waals surface area contributed by atoms with E-state index in [1.54, 1.807) is 25.3 Å². The number of imidazole rings is 1. The molecule has 0 unspecified atom stereocenters. The van der Waals surface area contributed by atoms with E-state index < -0.39 is 5.54 Å². The number of carbonyl (C=O) groups excluding carboxylic acids is 1. The Morgan fingerprint density at radius 2 is 2.03 bits per heavy atom. The van der Waals surface area contributed by atoms with Crippen LogP contribution in [0.3, 0.4) is 0 Å². The van der Waals surface area contributed by atoms with Gasteiger partial charge in [0.2, 0.25) is 5.91 Å². The van der Waals surface area contributed by atoms with Crippen LogP contribution in [0.25, 0.3) is 5.65 Å². The van der Waals surface area contributed by atoms with Gasteiger partial charge in [-0.15, -0.1) is 0 Å². The Hall–Kier alpha value is -3.06. The van der Waals surface area contributed by atoms with Crippen molar-refractivity contribution in [3.8, 4) is 11.5 Å². The van der Waals surface area contributed by atoms with Gasteiger partial charge in [-0.2, -0.15) is 0 Å². The number of carbonyl (C=O) groups is 1. The highest BCUT2D eigenvalue weighted by atomic mass is 16.5. The molecule has 0 bridgehead atoms. The molecule has 1 amide bonds. The molecule has 1 saturated carbocycles. The molecule has 0 radical (unpaired) electrons. The van der Waals surface area contributed by atoms with Crippen LogP contribution in [0, 0.1) is 0 Å². The minimum absolute atomic E-state index is 0.145. The van der Waals surface area contributed by atoms with Crippen molar-refractivity contribution < 1.29 is 14.3 Å². The van der Waals surface area contributed by atoms with Crippen LogP contribution in [-0.2, 0) is 11.4 Å². The predicted octanol–water partition coefficient (Wildman–Crippen LogP) is 3.52. The molecule has 29 heavy (non-hydrogen) atoms. The molecular weight excluding hydrogens is 368 g/mol. The van der Waals surface area contributed by atoms with Gasteiger partial charge in [-0.1, -0.05) is 25.3 Å². The molecule has 3 N–H and O–H groups in total. The molecule has 1 aromatic carbocycles. The molecule has 0 aliphatic heterocycles. The number of anilines is 1. The molecule has 0 atom stereocenters. The number of pyridine rings is 1. The highest BCUT2D eigenvalue weighted by Gasteiger charge is 2.35. The summed E-state index contributed by atoms with van der Waals surface area (Å²) in [6.07, 6.45) is 8.40. The number of nitrogens with one attached hydrogen (secondary N) is 1. The molecule has 7 nitrogen and oxygen atoms in total. The van der Waals surface area contributed by atoms with Crippen LogP contribution in [-0.4, -0.2) is 27.9 Å². The van der Waals surface area contributed by atoms with Crippen molar-refractivity contribution in [1.82, 2.24) is 9.38 Å². The van der Waals surface area contributed by atoms with Crippen molar-refractivity contribution in [2.24, 2.45) is 5.73 Å². The maximum atomic E-state index is 12.7. The fourth-order valence-electron chi connectivity index (χ4n) is 3.74. The molecule has 1 aliphatic carbocycles. The fourth-order valence-corrected chi connectivity index (χ4v) is 3.74. The second-order valence-electron chi connectivity index (χ2n) is 7.52. The number of amides is 1. The number of nitrogens with zero attached hydrogens (tertiary/aromatic N) is 2. The van der Waals surface area contributed by atoms with E-state index in [0.717, 1.165) is 30.6 Å². The third-order valence-corrected chi connectivity index (χ3v) is 5.41. The van der Waals surface area contributed by atoms with E-state index >= 15 is 0 Å². The highest BCUT2D eigenvalue weighted by molar-refractivity contribution is 5.98. The van der Waals surface area contributed by atoms with Gasteiger partial charge in [0.25, 0.3) is 0 Å². The number of aromatic nitrogens is 2. The van der Waals surface area contributed by atoms with Gasteiger partial charge in [-0.05, 0) is 37.1 Å². The standard InChI is InChI=1S/C22H26N4O3/c1-28-18-9-8-16(25-21(27)22(23)10-4-2-5-11-22)13-19(18)29-15-17-14-26-12-6-3-7-20(26)24-17/h3,6-9,12-14H,2,4-5,10-11,15,23H2,1H3,(H,25,27). The van der Waals surface area contributed by atoms with Gasteiger partial charge in [-0.3, -0.25) is 4.79 Å². The molecule has 7 heteroatoms. The molecule has 0 spiro atoms. The fraction of sp³-hybridized carbons (Fsp3) is 0.364. The van der Waals surface area contributed by atoms with Gasteiger partial charge < -0.3 is 24.9 Å². The summed E-state index contributed by atoms with van der Waals surface area (Å²) in [7, 11) is 1.59. The van der Waals surface area contributed by atoms with Gasteiger partial charge in [0.1, 0.15) is 12.3 Å². The molecule has 2 heterocycles. The number of rotatable bonds is 6. The maximum absolute atomic E-state index is 12.7. The summed E-state index contributed by atoms with van der Waals surface area (Å²) in [6, 6.07) is 11.2. The maximum Gasteiger partial charge on any atom is 0.244 e. The smallest absolute Gasteiger partial charge is 0.244 e. The number of ether oxygens (including phenoxy) is 2.